The van der Waals surface area contributed by atoms with Gasteiger partial charge >= 0.3 is 0 Å². The maximum atomic E-state index is 5.00. The molecule has 0 radical (unpaired) electrons. The maximum absolute atomic E-state index is 5.00. The molecule has 0 bridgehead atoms. The number of ether oxygens (including phenoxy) is 1. The first-order valence-electron chi connectivity index (χ1n) is 4.01. The predicted molar refractivity (Wildman–Crippen MR) is 45.4 cm³/mol. The molecule has 0 saturated carbocycles. The van der Waals surface area contributed by atoms with Gasteiger partial charge in [0.15, 0.2) is 0 Å². The molecule has 2 rings (SSSR count). The molecule has 0 spiro atoms. The molecule has 1 aliphatic heterocycles. The zero-order valence-corrected chi connectivity index (χ0v) is 7.03. The summed E-state index contributed by atoms with van der Waals surface area (Å²) in [5, 5.41) is 0. The fourth-order valence-corrected chi connectivity index (χ4v) is 1.16. The normalized spacial score (nSPS) is 15.6. The minimum atomic E-state index is 0.631. The Morgan fingerprint density at radius 1 is 1.42 bits per heavy atom. The smallest absolute Gasteiger partial charge is 0.218 e. The number of hydrogen-bond acceptors (Lipinski definition) is 4. The second-order valence-electron chi connectivity index (χ2n) is 2.76. The van der Waals surface area contributed by atoms with Crippen molar-refractivity contribution in [3.63, 3.8) is 0 Å². The average molecular weight is 165 g/mol. The SMILES string of the molecule is COc1cc(N2CCC2)ncn1. The molecular weight excluding hydrogens is 154 g/mol. The van der Waals surface area contributed by atoms with E-state index < -0.39 is 0 Å². The summed E-state index contributed by atoms with van der Waals surface area (Å²) < 4.78 is 5.00. The first kappa shape index (κ1) is 7.34. The molecule has 1 aromatic heterocycles. The maximum Gasteiger partial charge on any atom is 0.218 e. The summed E-state index contributed by atoms with van der Waals surface area (Å²) in [6, 6.07) is 1.86. The van der Waals surface area contributed by atoms with Crippen molar-refractivity contribution < 1.29 is 4.74 Å². The molecule has 0 aliphatic carbocycles. The fraction of sp³-hybridized carbons (Fsp3) is 0.500. The Morgan fingerprint density at radius 3 is 2.83 bits per heavy atom. The van der Waals surface area contributed by atoms with Gasteiger partial charge in [0.25, 0.3) is 0 Å². The van der Waals surface area contributed by atoms with E-state index in [1.807, 2.05) is 6.07 Å². The van der Waals surface area contributed by atoms with Crippen LogP contribution in [-0.4, -0.2) is 30.2 Å². The van der Waals surface area contributed by atoms with Gasteiger partial charge in [0.2, 0.25) is 5.88 Å². The number of anilines is 1. The Labute approximate surface area is 71.2 Å². The average Bonchev–Trinajstić information content (AvgIpc) is 2.02. The lowest BCUT2D eigenvalue weighted by Gasteiger charge is -2.31. The van der Waals surface area contributed by atoms with E-state index in [9.17, 15) is 0 Å². The summed E-state index contributed by atoms with van der Waals surface area (Å²) in [6.45, 7) is 2.19. The van der Waals surface area contributed by atoms with Gasteiger partial charge in [-0.3, -0.25) is 0 Å². The Balaban J connectivity index is 2.19. The van der Waals surface area contributed by atoms with E-state index in [-0.39, 0.29) is 0 Å². The lowest BCUT2D eigenvalue weighted by Crippen LogP contribution is -2.37. The molecule has 12 heavy (non-hydrogen) atoms. The summed E-state index contributed by atoms with van der Waals surface area (Å²) in [5.41, 5.74) is 0. The van der Waals surface area contributed by atoms with Gasteiger partial charge in [-0.1, -0.05) is 0 Å². The monoisotopic (exact) mass is 165 g/mol. The molecule has 0 unspecified atom stereocenters. The van der Waals surface area contributed by atoms with Crippen molar-refractivity contribution >= 4 is 5.82 Å². The lowest BCUT2D eigenvalue weighted by atomic mass is 10.2. The second kappa shape index (κ2) is 2.97. The number of methoxy groups -OCH3 is 1. The highest BCUT2D eigenvalue weighted by Gasteiger charge is 2.15. The van der Waals surface area contributed by atoms with Crippen LogP contribution < -0.4 is 9.64 Å². The number of nitrogens with zero attached hydrogens (tertiary/aromatic N) is 3. The zero-order chi connectivity index (χ0) is 8.39. The summed E-state index contributed by atoms with van der Waals surface area (Å²) >= 11 is 0. The molecule has 1 aliphatic rings. The molecular formula is C8H11N3O. The molecule has 0 amide bonds. The highest BCUT2D eigenvalue weighted by Crippen LogP contribution is 2.19. The number of hydrogen-bond donors (Lipinski definition) is 0. The molecule has 2 heterocycles. The molecule has 4 heteroatoms. The van der Waals surface area contributed by atoms with Gasteiger partial charge in [-0.25, -0.2) is 9.97 Å². The van der Waals surface area contributed by atoms with E-state index in [2.05, 4.69) is 14.9 Å². The molecule has 0 N–H and O–H groups in total. The molecule has 1 fully saturated rings. The van der Waals surface area contributed by atoms with Crippen LogP contribution >= 0.6 is 0 Å². The van der Waals surface area contributed by atoms with E-state index in [0.717, 1.165) is 18.9 Å². The van der Waals surface area contributed by atoms with Crippen LogP contribution in [0.5, 0.6) is 5.88 Å². The van der Waals surface area contributed by atoms with Gasteiger partial charge in [0, 0.05) is 19.2 Å². The Morgan fingerprint density at radius 2 is 2.25 bits per heavy atom. The molecule has 1 aromatic rings. The Hall–Kier alpha value is -1.32. The lowest BCUT2D eigenvalue weighted by molar-refractivity contribution is 0.396. The van der Waals surface area contributed by atoms with Crippen molar-refractivity contribution in [2.45, 2.75) is 6.42 Å². The first-order valence-corrected chi connectivity index (χ1v) is 4.01. The molecule has 0 atom stereocenters. The topological polar surface area (TPSA) is 38.2 Å². The van der Waals surface area contributed by atoms with Crippen LogP contribution in [0.2, 0.25) is 0 Å². The van der Waals surface area contributed by atoms with Gasteiger partial charge < -0.3 is 9.64 Å². The van der Waals surface area contributed by atoms with Crippen LogP contribution in [0.25, 0.3) is 0 Å². The minimum Gasteiger partial charge on any atom is -0.481 e. The van der Waals surface area contributed by atoms with Gasteiger partial charge in [-0.05, 0) is 6.42 Å². The van der Waals surface area contributed by atoms with E-state index in [4.69, 9.17) is 4.74 Å². The summed E-state index contributed by atoms with van der Waals surface area (Å²) in [4.78, 5) is 10.3. The van der Waals surface area contributed by atoms with Gasteiger partial charge in [0.1, 0.15) is 12.1 Å². The Kier molecular flexibility index (Phi) is 1.81. The van der Waals surface area contributed by atoms with Gasteiger partial charge in [-0.2, -0.15) is 0 Å². The van der Waals surface area contributed by atoms with Crippen molar-refractivity contribution in [3.8, 4) is 5.88 Å². The predicted octanol–water partition coefficient (Wildman–Crippen LogP) is 0.695. The third kappa shape index (κ3) is 1.20. The van der Waals surface area contributed by atoms with Crippen LogP contribution in [0.4, 0.5) is 5.82 Å². The van der Waals surface area contributed by atoms with Crippen molar-refractivity contribution in [1.82, 2.24) is 9.97 Å². The summed E-state index contributed by atoms with van der Waals surface area (Å²) in [6.07, 6.45) is 2.79. The van der Waals surface area contributed by atoms with Gasteiger partial charge in [0.05, 0.1) is 7.11 Å². The zero-order valence-electron chi connectivity index (χ0n) is 7.03. The summed E-state index contributed by atoms with van der Waals surface area (Å²) in [5.74, 6) is 1.60. The third-order valence-corrected chi connectivity index (χ3v) is 2.02. The Bertz CT molecular complexity index is 273. The van der Waals surface area contributed by atoms with Gasteiger partial charge in [-0.15, -0.1) is 0 Å². The van der Waals surface area contributed by atoms with Crippen LogP contribution in [0.3, 0.4) is 0 Å². The van der Waals surface area contributed by atoms with Crippen molar-refractivity contribution in [3.05, 3.63) is 12.4 Å². The van der Waals surface area contributed by atoms with E-state index in [1.54, 1.807) is 7.11 Å². The number of aromatic nitrogens is 2. The minimum absolute atomic E-state index is 0.631. The highest BCUT2D eigenvalue weighted by atomic mass is 16.5. The van der Waals surface area contributed by atoms with Crippen LogP contribution in [0.1, 0.15) is 6.42 Å². The molecule has 0 aromatic carbocycles. The molecule has 4 nitrogen and oxygen atoms in total. The van der Waals surface area contributed by atoms with Crippen LogP contribution in [0.15, 0.2) is 12.4 Å². The van der Waals surface area contributed by atoms with Crippen molar-refractivity contribution in [2.24, 2.45) is 0 Å². The highest BCUT2D eigenvalue weighted by molar-refractivity contribution is 5.42. The second-order valence-corrected chi connectivity index (χ2v) is 2.76. The first-order chi connectivity index (χ1) is 5.90. The standard InChI is InChI=1S/C8H11N3O/c1-12-8-5-7(9-6-10-8)11-3-2-4-11/h5-6H,2-4H2,1H3. The summed E-state index contributed by atoms with van der Waals surface area (Å²) in [7, 11) is 1.61. The fourth-order valence-electron chi connectivity index (χ4n) is 1.16. The van der Waals surface area contributed by atoms with Crippen LogP contribution in [0, 0.1) is 0 Å². The molecule has 1 saturated heterocycles. The van der Waals surface area contributed by atoms with Crippen LogP contribution in [-0.2, 0) is 0 Å². The van der Waals surface area contributed by atoms with E-state index >= 15 is 0 Å². The quantitative estimate of drug-likeness (QED) is 0.646. The third-order valence-electron chi connectivity index (χ3n) is 2.02. The van der Waals surface area contributed by atoms with Crippen molar-refractivity contribution in [1.29, 1.82) is 0 Å². The molecule has 64 valence electrons. The van der Waals surface area contributed by atoms with E-state index in [0.29, 0.717) is 5.88 Å². The largest absolute Gasteiger partial charge is 0.481 e. The number of rotatable bonds is 2. The van der Waals surface area contributed by atoms with E-state index in [1.165, 1.54) is 12.7 Å². The van der Waals surface area contributed by atoms with Crippen molar-refractivity contribution in [2.75, 3.05) is 25.1 Å².